The maximum Gasteiger partial charge on any atom is 0.410 e. The summed E-state index contributed by atoms with van der Waals surface area (Å²) in [6.45, 7) is 2.21. The van der Waals surface area contributed by atoms with Gasteiger partial charge in [0, 0.05) is 30.0 Å². The number of aromatic nitrogens is 4. The van der Waals surface area contributed by atoms with Crippen molar-refractivity contribution in [3.8, 4) is 6.07 Å². The zero-order chi connectivity index (χ0) is 24.2. The Kier molecular flexibility index (Phi) is 6.38. The van der Waals surface area contributed by atoms with Crippen molar-refractivity contribution in [2.45, 2.75) is 20.0 Å². The molecule has 0 saturated heterocycles. The highest BCUT2D eigenvalue weighted by molar-refractivity contribution is 6.31. The number of hydrogen-bond acceptors (Lipinski definition) is 6. The highest BCUT2D eigenvalue weighted by Crippen LogP contribution is 2.19. The number of pyridine rings is 2. The van der Waals surface area contributed by atoms with Gasteiger partial charge in [0.2, 0.25) is 0 Å². The van der Waals surface area contributed by atoms with E-state index in [9.17, 15) is 14.9 Å². The maximum atomic E-state index is 12.8. The number of halogens is 1. The van der Waals surface area contributed by atoms with Crippen molar-refractivity contribution in [2.24, 2.45) is 0 Å². The fourth-order valence-corrected chi connectivity index (χ4v) is 3.58. The standard InChI is InChI=1S/C23H18ClN7O3/c1-13-15(3-5-21(28-13)29-23(33)34)9-27-22(32)18-12-31(30-20(18)8-25)11-14-2-4-19-16(6-14)7-17(24)10-26-19/h2-7,10,12H,9,11H2,1H3,(H,27,32)(H,28,29)(H,33,34). The van der Waals surface area contributed by atoms with E-state index >= 15 is 0 Å². The van der Waals surface area contributed by atoms with Gasteiger partial charge in [0.25, 0.3) is 5.91 Å². The molecule has 0 radical (unpaired) electrons. The zero-order valence-electron chi connectivity index (χ0n) is 17.9. The first-order valence-corrected chi connectivity index (χ1v) is 10.5. The average Bonchev–Trinajstić information content (AvgIpc) is 3.20. The SMILES string of the molecule is Cc1nc(NC(=O)O)ccc1CNC(=O)c1cn(Cc2ccc3ncc(Cl)cc3c2)nc1C#N. The summed E-state index contributed by atoms with van der Waals surface area (Å²) in [7, 11) is 0. The fraction of sp³-hybridized carbons (Fsp3) is 0.130. The van der Waals surface area contributed by atoms with Crippen molar-refractivity contribution in [2.75, 3.05) is 5.32 Å². The van der Waals surface area contributed by atoms with E-state index in [0.717, 1.165) is 16.5 Å². The number of carbonyl (C=O) groups excluding carboxylic acids is 1. The minimum atomic E-state index is -1.21. The van der Waals surface area contributed by atoms with E-state index in [4.69, 9.17) is 16.7 Å². The number of benzene rings is 1. The molecule has 4 rings (SSSR count). The molecule has 0 aliphatic carbocycles. The molecule has 0 unspecified atom stereocenters. The molecule has 2 amide bonds. The van der Waals surface area contributed by atoms with Crippen molar-refractivity contribution < 1.29 is 14.7 Å². The number of anilines is 1. The molecule has 3 aromatic heterocycles. The lowest BCUT2D eigenvalue weighted by Gasteiger charge is -2.08. The van der Waals surface area contributed by atoms with E-state index < -0.39 is 12.0 Å². The van der Waals surface area contributed by atoms with Crippen LogP contribution < -0.4 is 10.6 Å². The molecule has 0 fully saturated rings. The van der Waals surface area contributed by atoms with Crippen LogP contribution in [0.15, 0.2) is 48.8 Å². The van der Waals surface area contributed by atoms with Crippen LogP contribution in [0.4, 0.5) is 10.6 Å². The largest absolute Gasteiger partial charge is 0.465 e. The molecule has 170 valence electrons. The van der Waals surface area contributed by atoms with Crippen molar-refractivity contribution in [1.82, 2.24) is 25.1 Å². The normalized spacial score (nSPS) is 10.6. The summed E-state index contributed by atoms with van der Waals surface area (Å²) < 4.78 is 1.53. The van der Waals surface area contributed by atoms with Crippen LogP contribution in [0.5, 0.6) is 0 Å². The monoisotopic (exact) mass is 475 g/mol. The van der Waals surface area contributed by atoms with Gasteiger partial charge in [-0.1, -0.05) is 23.7 Å². The highest BCUT2D eigenvalue weighted by Gasteiger charge is 2.17. The predicted octanol–water partition coefficient (Wildman–Crippen LogP) is 3.73. The molecule has 34 heavy (non-hydrogen) atoms. The topological polar surface area (TPSA) is 146 Å². The summed E-state index contributed by atoms with van der Waals surface area (Å²) in [5.41, 5.74) is 3.16. The van der Waals surface area contributed by atoms with E-state index in [1.54, 1.807) is 19.2 Å². The molecule has 10 nitrogen and oxygen atoms in total. The van der Waals surface area contributed by atoms with Crippen LogP contribution in [0.3, 0.4) is 0 Å². The van der Waals surface area contributed by atoms with Crippen molar-refractivity contribution in [1.29, 1.82) is 5.26 Å². The van der Waals surface area contributed by atoms with Crippen molar-refractivity contribution in [3.05, 3.63) is 81.9 Å². The summed E-state index contributed by atoms with van der Waals surface area (Å²) in [6, 6.07) is 12.7. The van der Waals surface area contributed by atoms with Gasteiger partial charge in [-0.3, -0.25) is 19.8 Å². The summed E-state index contributed by atoms with van der Waals surface area (Å²) >= 11 is 6.03. The van der Waals surface area contributed by atoms with Crippen molar-refractivity contribution in [3.63, 3.8) is 0 Å². The summed E-state index contributed by atoms with van der Waals surface area (Å²) in [4.78, 5) is 31.9. The van der Waals surface area contributed by atoms with Crippen LogP contribution in [-0.4, -0.2) is 36.9 Å². The molecular formula is C23H18ClN7O3. The third-order valence-electron chi connectivity index (χ3n) is 5.04. The third kappa shape index (κ3) is 5.11. The Morgan fingerprint density at radius 3 is 2.79 bits per heavy atom. The van der Waals surface area contributed by atoms with Crippen LogP contribution in [0.25, 0.3) is 10.9 Å². The molecule has 4 aromatic rings. The van der Waals surface area contributed by atoms with Crippen LogP contribution in [0, 0.1) is 18.3 Å². The van der Waals surface area contributed by atoms with Gasteiger partial charge in [-0.05, 0) is 42.3 Å². The molecule has 0 aliphatic heterocycles. The summed E-state index contributed by atoms with van der Waals surface area (Å²) in [5, 5.41) is 28.8. The predicted molar refractivity (Wildman–Crippen MR) is 125 cm³/mol. The minimum absolute atomic E-state index is 0.0128. The van der Waals surface area contributed by atoms with Crippen LogP contribution in [0.2, 0.25) is 5.02 Å². The average molecular weight is 476 g/mol. The summed E-state index contributed by atoms with van der Waals surface area (Å²) in [6.07, 6.45) is 1.90. The number of nitrogens with one attached hydrogen (secondary N) is 2. The molecular weight excluding hydrogens is 458 g/mol. The quantitative estimate of drug-likeness (QED) is 0.385. The Labute approximate surface area is 198 Å². The fourth-order valence-electron chi connectivity index (χ4n) is 3.42. The van der Waals surface area contributed by atoms with E-state index in [2.05, 4.69) is 25.7 Å². The van der Waals surface area contributed by atoms with E-state index in [1.807, 2.05) is 30.3 Å². The Morgan fingerprint density at radius 2 is 2.06 bits per heavy atom. The Balaban J connectivity index is 1.47. The molecule has 0 spiro atoms. The van der Waals surface area contributed by atoms with Crippen LogP contribution in [-0.2, 0) is 13.1 Å². The Bertz CT molecular complexity index is 1460. The van der Waals surface area contributed by atoms with Crippen LogP contribution in [0.1, 0.15) is 32.9 Å². The number of carbonyl (C=O) groups is 2. The first kappa shape index (κ1) is 22.7. The third-order valence-corrected chi connectivity index (χ3v) is 5.25. The second kappa shape index (κ2) is 9.56. The van der Waals surface area contributed by atoms with Gasteiger partial charge < -0.3 is 10.4 Å². The maximum absolute atomic E-state index is 12.8. The van der Waals surface area contributed by atoms with Gasteiger partial charge in [-0.25, -0.2) is 9.78 Å². The lowest BCUT2D eigenvalue weighted by Crippen LogP contribution is -2.24. The molecule has 0 saturated carbocycles. The van der Waals surface area contributed by atoms with E-state index in [-0.39, 0.29) is 23.6 Å². The minimum Gasteiger partial charge on any atom is -0.465 e. The number of amides is 2. The number of nitriles is 1. The van der Waals surface area contributed by atoms with Gasteiger partial charge in [-0.2, -0.15) is 10.4 Å². The van der Waals surface area contributed by atoms with Gasteiger partial charge >= 0.3 is 6.09 Å². The first-order chi connectivity index (χ1) is 16.3. The second-order valence-electron chi connectivity index (χ2n) is 7.44. The highest BCUT2D eigenvalue weighted by atomic mass is 35.5. The van der Waals surface area contributed by atoms with Gasteiger partial charge in [0.15, 0.2) is 5.69 Å². The number of rotatable bonds is 6. The van der Waals surface area contributed by atoms with Crippen molar-refractivity contribution >= 4 is 40.3 Å². The molecule has 3 N–H and O–H groups in total. The van der Waals surface area contributed by atoms with Gasteiger partial charge in [0.1, 0.15) is 11.9 Å². The zero-order valence-corrected chi connectivity index (χ0v) is 18.7. The molecule has 0 atom stereocenters. The lowest BCUT2D eigenvalue weighted by molar-refractivity contribution is 0.0950. The number of hydrogen-bond donors (Lipinski definition) is 3. The number of fused-ring (bicyclic) bond motifs is 1. The number of carboxylic acid groups (broad SMARTS) is 1. The molecule has 3 heterocycles. The lowest BCUT2D eigenvalue weighted by atomic mass is 10.1. The molecule has 0 bridgehead atoms. The number of nitrogens with zero attached hydrogens (tertiary/aromatic N) is 5. The van der Waals surface area contributed by atoms with Crippen LogP contribution >= 0.6 is 11.6 Å². The van der Waals surface area contributed by atoms with E-state index in [0.29, 0.717) is 22.8 Å². The smallest absolute Gasteiger partial charge is 0.410 e. The Morgan fingerprint density at radius 1 is 1.24 bits per heavy atom. The first-order valence-electron chi connectivity index (χ1n) is 10.1. The molecule has 11 heteroatoms. The van der Waals surface area contributed by atoms with Gasteiger partial charge in [-0.15, -0.1) is 0 Å². The summed E-state index contributed by atoms with van der Waals surface area (Å²) in [5.74, 6) is -0.260. The second-order valence-corrected chi connectivity index (χ2v) is 7.87. The number of aryl methyl sites for hydroxylation is 1. The Hall–Kier alpha value is -4.49. The van der Waals surface area contributed by atoms with E-state index in [1.165, 1.54) is 16.9 Å². The molecule has 1 aromatic carbocycles. The van der Waals surface area contributed by atoms with Gasteiger partial charge in [0.05, 0.1) is 22.6 Å². The molecule has 0 aliphatic rings.